The summed E-state index contributed by atoms with van der Waals surface area (Å²) in [6.45, 7) is 26.4. The quantitative estimate of drug-likeness (QED) is 0.0164. The largest absolute Gasteiger partial charge is 0.289 e. The van der Waals surface area contributed by atoms with Crippen LogP contribution in [0.15, 0.2) is 205 Å². The minimum atomic E-state index is -0.893. The topological polar surface area (TPSA) is 90.4 Å². The van der Waals surface area contributed by atoms with Crippen molar-refractivity contribution < 1.29 is 9.59 Å². The molecule has 0 radical (unpaired) electrons. The van der Waals surface area contributed by atoms with E-state index in [1.54, 1.807) is 22.7 Å². The molecule has 0 saturated carbocycles. The summed E-state index contributed by atoms with van der Waals surface area (Å²) >= 11 is 7.34. The number of hydrogen-bond acceptors (Lipinski definition) is 8. The summed E-state index contributed by atoms with van der Waals surface area (Å²) in [5.41, 5.74) is 16.9. The van der Waals surface area contributed by atoms with Crippen molar-refractivity contribution in [2.45, 2.75) is 424 Å². The Balaban J connectivity index is 0.825. The Morgan fingerprint density at radius 3 is 0.709 bits per heavy atom. The van der Waals surface area contributed by atoms with Gasteiger partial charge in [0.1, 0.15) is 0 Å². The highest BCUT2D eigenvalue weighted by atomic mass is 32.1. The molecule has 10 heteroatoms. The van der Waals surface area contributed by atoms with Crippen LogP contribution >= 0.6 is 45.3 Å². The summed E-state index contributed by atoms with van der Waals surface area (Å²) in [6.07, 6.45) is 82.0. The van der Waals surface area contributed by atoms with Gasteiger partial charge in [0.05, 0.1) is 65.0 Å². The van der Waals surface area contributed by atoms with Gasteiger partial charge in [-0.05, 0) is 188 Å². The fourth-order valence-electron chi connectivity index (χ4n) is 24.8. The van der Waals surface area contributed by atoms with Crippen molar-refractivity contribution >= 4 is 111 Å². The monoisotopic (exact) mass is 2040 g/mol. The zero-order valence-corrected chi connectivity index (χ0v) is 93.4. The summed E-state index contributed by atoms with van der Waals surface area (Å²) in [7, 11) is 0. The number of nitrogens with zero attached hydrogens (tertiary/aromatic N) is 4. The normalized spacial score (nSPS) is 14.8. The Morgan fingerprint density at radius 1 is 0.277 bits per heavy atom. The Bertz CT molecular complexity index is 6110. The van der Waals surface area contributed by atoms with Crippen molar-refractivity contribution in [2.75, 3.05) is 0 Å². The molecular weight excluding hydrogens is 1870 g/mol. The van der Waals surface area contributed by atoms with Gasteiger partial charge in [0.2, 0.25) is 0 Å². The number of Topliss-reactive ketones (excluding diaryl/α,β-unsaturated/α-hetero) is 2. The number of thiophene rings is 4. The second-order valence-electron chi connectivity index (χ2n) is 43.9. The molecule has 0 bridgehead atoms. The van der Waals surface area contributed by atoms with E-state index in [2.05, 4.69) is 159 Å². The first-order valence-electron chi connectivity index (χ1n) is 58.9. The highest BCUT2D eigenvalue weighted by molar-refractivity contribution is 7.34. The molecule has 0 amide bonds. The molecule has 0 unspecified atom stereocenters. The molecule has 772 valence electrons. The molecule has 0 fully saturated rings. The number of nitriles is 2. The number of rotatable bonds is 66. The van der Waals surface area contributed by atoms with Crippen molar-refractivity contribution in [1.29, 1.82) is 10.5 Å². The van der Waals surface area contributed by atoms with Crippen LogP contribution in [0.5, 0.6) is 0 Å². The third kappa shape index (κ3) is 26.7. The number of carbonyl (C=O) groups excluding carboxylic acids is 2. The van der Waals surface area contributed by atoms with Crippen molar-refractivity contribution in [3.05, 3.63) is 326 Å². The van der Waals surface area contributed by atoms with Gasteiger partial charge in [-0.1, -0.05) is 507 Å². The van der Waals surface area contributed by atoms with Crippen LogP contribution in [0.3, 0.4) is 0 Å². The van der Waals surface area contributed by atoms with E-state index in [1.165, 1.54) is 420 Å². The van der Waals surface area contributed by atoms with E-state index in [9.17, 15) is 10.5 Å². The molecular formula is C138H164N4O2S4. The van der Waals surface area contributed by atoms with Gasteiger partial charge in [0.15, 0.2) is 11.6 Å². The Morgan fingerprint density at radius 2 is 0.493 bits per heavy atom. The predicted octanol–water partition coefficient (Wildman–Crippen LogP) is 43.1. The molecule has 6 nitrogen and oxygen atoms in total. The number of unbranched alkanes of at least 4 members (excludes halogenated alkanes) is 52. The maximum atomic E-state index is 15.6. The number of hydrogen-bond donors (Lipinski definition) is 0. The average molecular weight is 2040 g/mol. The van der Waals surface area contributed by atoms with Gasteiger partial charge in [-0.15, -0.1) is 45.3 Å². The van der Waals surface area contributed by atoms with Crippen LogP contribution in [0.1, 0.15) is 496 Å². The van der Waals surface area contributed by atoms with Crippen LogP contribution < -0.4 is 0 Å². The van der Waals surface area contributed by atoms with E-state index >= 15 is 9.59 Å². The smallest absolute Gasteiger partial charge is 0.270 e. The van der Waals surface area contributed by atoms with E-state index in [0.717, 1.165) is 92.4 Å². The first kappa shape index (κ1) is 110. The van der Waals surface area contributed by atoms with Crippen molar-refractivity contribution in [2.24, 2.45) is 0 Å². The zero-order chi connectivity index (χ0) is 102. The number of allylic oxidation sites excluding steroid dienone is 6. The van der Waals surface area contributed by atoms with E-state index in [-0.39, 0.29) is 23.0 Å². The zero-order valence-electron chi connectivity index (χ0n) is 90.1. The molecule has 0 N–H and O–H groups in total. The van der Waals surface area contributed by atoms with Gasteiger partial charge in [0.25, 0.3) is 11.4 Å². The molecule has 0 saturated heterocycles. The van der Waals surface area contributed by atoms with Gasteiger partial charge < -0.3 is 0 Å². The standard InChI is InChI=1S/C138H164N4O2S4/c1-7-11-15-19-23-27-31-35-39-43-47-51-55-59-67-101-75-83-109(84-76-101)137(110-85-77-102(78-86-110)68-60-56-52-48-44-40-36-32-28-24-20-16-12-8-2)121-97-113(95-119-125(123(99-139)141-5)115-91-105-71-63-65-73-107(105)93-117(115)129(119)143)145-131(121)133-127(137)135-136(147-133)128-134(148-135)132-122(98-114(146-132)96-120-126(124(100-140)142-6)116-92-106-72-64-66-74-108(106)94-118(116)130(120)144)138(128,111-87-79-103(80-88-111)69-61-57-53-49-45-41-37-33-29-25-21-17-13-9-3)112-89-81-104(82-90-112)70-62-58-54-50-46-42-38-34-30-26-22-18-14-10-4/h63-66,71-98H,7-62,67-70H2,1-4H3/b119-95-,120-96-,125-123+,126-124?. The van der Waals surface area contributed by atoms with Crippen LogP contribution in [0.4, 0.5) is 0 Å². The van der Waals surface area contributed by atoms with Crippen LogP contribution in [0.25, 0.3) is 83.4 Å². The van der Waals surface area contributed by atoms with Crippen LogP contribution in [-0.2, 0) is 36.5 Å². The first-order valence-corrected chi connectivity index (χ1v) is 62.2. The minimum Gasteiger partial charge on any atom is -0.289 e. The van der Waals surface area contributed by atoms with Gasteiger partial charge in [-0.2, -0.15) is 0 Å². The molecule has 0 spiro atoms. The highest BCUT2D eigenvalue weighted by Gasteiger charge is 2.56. The average Bonchev–Trinajstić information content (AvgIpc) is 1.48. The number of ketones is 2. The third-order valence-corrected chi connectivity index (χ3v) is 38.2. The lowest BCUT2D eigenvalue weighted by atomic mass is 9.67. The van der Waals surface area contributed by atoms with E-state index < -0.39 is 10.8 Å². The second-order valence-corrected chi connectivity index (χ2v) is 48.1. The Labute approximate surface area is 905 Å². The fourth-order valence-corrected chi connectivity index (χ4v) is 30.5. The summed E-state index contributed by atoms with van der Waals surface area (Å²) < 4.78 is 2.50. The number of benzene rings is 8. The fraction of sp³-hybridized carbons (Fsp3) is 0.478. The molecule has 12 aromatic rings. The number of aryl methyl sites for hydroxylation is 4. The molecule has 0 atom stereocenters. The minimum absolute atomic E-state index is 0.0913. The predicted molar refractivity (Wildman–Crippen MR) is 637 cm³/mol. The molecule has 8 aromatic carbocycles. The number of carbonyl (C=O) groups is 2. The molecule has 4 heterocycles. The lowest BCUT2D eigenvalue weighted by Gasteiger charge is -2.34. The van der Waals surface area contributed by atoms with Gasteiger partial charge >= 0.3 is 0 Å². The third-order valence-electron chi connectivity index (χ3n) is 33.1. The maximum absolute atomic E-state index is 15.6. The summed E-state index contributed by atoms with van der Waals surface area (Å²) in [4.78, 5) is 45.6. The Hall–Kier alpha value is -10.4. The number of fused-ring (bicyclic) bond motifs is 13. The van der Waals surface area contributed by atoms with E-state index in [0.29, 0.717) is 44.5 Å². The van der Waals surface area contributed by atoms with Crippen molar-refractivity contribution in [3.8, 4) is 31.6 Å². The van der Waals surface area contributed by atoms with Gasteiger partial charge in [-0.3, -0.25) is 9.59 Å². The van der Waals surface area contributed by atoms with Crippen molar-refractivity contribution in [3.63, 3.8) is 0 Å². The van der Waals surface area contributed by atoms with E-state index in [1.807, 2.05) is 108 Å². The molecule has 16 rings (SSSR count). The second kappa shape index (κ2) is 57.2. The lowest BCUT2D eigenvalue weighted by Crippen LogP contribution is -2.29. The molecule has 4 aliphatic carbocycles. The SMILES string of the molecule is [C-]#[N+]C(C#N)=C1/C(=C/c2cc3c(s2)-c2sc4c5c(sc4c2C3(c2ccc(CCCCCCCCCCCCCCCC)cc2)c2ccc(CCCCCCCCCCCCCCCC)cc2)-c2sc(/C=C3\C(=O)c4cc6ccccc6cc4\C3=C(\C#N)[N+]#[C-])cc2C5(c2ccc(CCCCCCCCCCCCCCCC)cc2)c2ccc(CCCCCCCCCCCCCCCC)cc2)C(=O)c2cc3ccccc3cc21. The maximum Gasteiger partial charge on any atom is 0.270 e. The molecule has 148 heavy (non-hydrogen) atoms. The van der Waals surface area contributed by atoms with Crippen molar-refractivity contribution in [1.82, 2.24) is 0 Å². The lowest BCUT2D eigenvalue weighted by molar-refractivity contribution is 0.103. The first-order chi connectivity index (χ1) is 73.0. The molecule has 0 aliphatic heterocycles. The Kier molecular flexibility index (Phi) is 42.6. The van der Waals surface area contributed by atoms with E-state index in [4.69, 9.17) is 13.1 Å². The van der Waals surface area contributed by atoms with Crippen LogP contribution in [0, 0.1) is 35.8 Å². The molecule has 4 aliphatic rings. The summed E-state index contributed by atoms with van der Waals surface area (Å²) in [5, 5.41) is 25.8. The van der Waals surface area contributed by atoms with Gasteiger partial charge in [-0.25, -0.2) is 20.2 Å². The van der Waals surface area contributed by atoms with Crippen LogP contribution in [-0.4, -0.2) is 11.6 Å². The molecule has 4 aromatic heterocycles. The summed E-state index contributed by atoms with van der Waals surface area (Å²) in [5.74, 6) is -0.364. The van der Waals surface area contributed by atoms with Crippen LogP contribution in [0.2, 0.25) is 0 Å². The summed E-state index contributed by atoms with van der Waals surface area (Å²) in [6, 6.07) is 72.7. The highest BCUT2D eigenvalue weighted by Crippen LogP contribution is 2.71. The van der Waals surface area contributed by atoms with Gasteiger partial charge in [0, 0.05) is 54.3 Å².